The van der Waals surface area contributed by atoms with Crippen molar-refractivity contribution >= 4 is 12.0 Å². The van der Waals surface area contributed by atoms with Gasteiger partial charge in [-0.2, -0.15) is 0 Å². The molecule has 0 bridgehead atoms. The number of amides is 1. The molecule has 1 aromatic heterocycles. The van der Waals surface area contributed by atoms with Gasteiger partial charge < -0.3 is 14.8 Å². The van der Waals surface area contributed by atoms with Gasteiger partial charge in [-0.05, 0) is 41.5 Å². The Balaban J connectivity index is 1.57. The lowest BCUT2D eigenvalue weighted by atomic mass is 10.2. The van der Waals surface area contributed by atoms with Crippen molar-refractivity contribution in [2.45, 2.75) is 6.54 Å². The van der Waals surface area contributed by atoms with Gasteiger partial charge in [-0.3, -0.25) is 9.78 Å². The second kappa shape index (κ2) is 6.09. The molecule has 5 nitrogen and oxygen atoms in total. The Labute approximate surface area is 122 Å². The number of ether oxygens (including phenoxy) is 2. The molecule has 1 aliphatic rings. The summed E-state index contributed by atoms with van der Waals surface area (Å²) in [6.07, 6.45) is 6.64. The van der Waals surface area contributed by atoms with Crippen molar-refractivity contribution < 1.29 is 14.3 Å². The first-order valence-electron chi connectivity index (χ1n) is 6.56. The summed E-state index contributed by atoms with van der Waals surface area (Å²) in [5.74, 6) is 1.29. The van der Waals surface area contributed by atoms with Gasteiger partial charge in [-0.25, -0.2) is 0 Å². The Kier molecular flexibility index (Phi) is 3.82. The van der Waals surface area contributed by atoms with Crippen LogP contribution >= 0.6 is 0 Å². The molecule has 0 aliphatic carbocycles. The van der Waals surface area contributed by atoms with Crippen LogP contribution in [0, 0.1) is 0 Å². The van der Waals surface area contributed by atoms with E-state index in [1.807, 2.05) is 30.3 Å². The second-order valence-corrected chi connectivity index (χ2v) is 4.52. The number of carbonyl (C=O) groups excluding carboxylic acids is 1. The number of carbonyl (C=O) groups is 1. The summed E-state index contributed by atoms with van der Waals surface area (Å²) in [6, 6.07) is 9.27. The van der Waals surface area contributed by atoms with Crippen LogP contribution in [0.3, 0.4) is 0 Å². The van der Waals surface area contributed by atoms with E-state index in [1.165, 1.54) is 6.08 Å². The Morgan fingerprint density at radius 1 is 1.19 bits per heavy atom. The van der Waals surface area contributed by atoms with Crippen molar-refractivity contribution in [1.82, 2.24) is 10.3 Å². The fourth-order valence-corrected chi connectivity index (χ4v) is 1.94. The quantitative estimate of drug-likeness (QED) is 0.873. The Hall–Kier alpha value is -2.82. The fraction of sp³-hybridized carbons (Fsp3) is 0.125. The molecule has 1 aromatic carbocycles. The minimum absolute atomic E-state index is 0.149. The maximum absolute atomic E-state index is 11.8. The summed E-state index contributed by atoms with van der Waals surface area (Å²) >= 11 is 0. The van der Waals surface area contributed by atoms with Gasteiger partial charge in [0.25, 0.3) is 0 Å². The van der Waals surface area contributed by atoms with E-state index in [4.69, 9.17) is 9.47 Å². The first kappa shape index (κ1) is 13.2. The standard InChI is InChI=1S/C16H14N2O3/c19-16(18-10-13-5-7-17-8-6-13)4-2-12-1-3-14-15(9-12)21-11-20-14/h1-9H,10-11H2,(H,18,19)/b4-2+. The molecule has 106 valence electrons. The van der Waals surface area contributed by atoms with Crippen LogP contribution in [0.2, 0.25) is 0 Å². The molecule has 1 amide bonds. The average Bonchev–Trinajstić information content (AvgIpc) is 2.99. The Morgan fingerprint density at radius 2 is 2.00 bits per heavy atom. The third kappa shape index (κ3) is 3.39. The molecule has 1 aliphatic heterocycles. The molecule has 5 heteroatoms. The predicted octanol–water partition coefficient (Wildman–Crippen LogP) is 2.14. The van der Waals surface area contributed by atoms with Crippen LogP contribution in [-0.2, 0) is 11.3 Å². The summed E-state index contributed by atoms with van der Waals surface area (Å²) in [4.78, 5) is 15.7. The van der Waals surface area contributed by atoms with Crippen molar-refractivity contribution in [3.8, 4) is 11.5 Å². The van der Waals surface area contributed by atoms with E-state index in [2.05, 4.69) is 10.3 Å². The van der Waals surface area contributed by atoms with Crippen LogP contribution in [-0.4, -0.2) is 17.7 Å². The molecule has 1 N–H and O–H groups in total. The summed E-state index contributed by atoms with van der Waals surface area (Å²) < 4.78 is 10.5. The number of benzene rings is 1. The van der Waals surface area contributed by atoms with Crippen molar-refractivity contribution in [1.29, 1.82) is 0 Å². The normalized spacial score (nSPS) is 12.6. The van der Waals surface area contributed by atoms with E-state index in [0.29, 0.717) is 12.3 Å². The smallest absolute Gasteiger partial charge is 0.244 e. The Morgan fingerprint density at radius 3 is 2.86 bits per heavy atom. The SMILES string of the molecule is O=C(/C=C/c1ccc2c(c1)OCO2)NCc1ccncc1. The Bertz CT molecular complexity index is 668. The summed E-state index contributed by atoms with van der Waals surface area (Å²) in [7, 11) is 0. The molecule has 2 heterocycles. The zero-order valence-electron chi connectivity index (χ0n) is 11.3. The zero-order chi connectivity index (χ0) is 14.5. The van der Waals surface area contributed by atoms with Gasteiger partial charge in [-0.15, -0.1) is 0 Å². The van der Waals surface area contributed by atoms with E-state index in [0.717, 1.165) is 16.9 Å². The molecule has 0 atom stereocenters. The molecule has 0 spiro atoms. The van der Waals surface area contributed by atoms with Crippen LogP contribution < -0.4 is 14.8 Å². The first-order chi connectivity index (χ1) is 10.3. The topological polar surface area (TPSA) is 60.5 Å². The van der Waals surface area contributed by atoms with Crippen LogP contribution in [0.1, 0.15) is 11.1 Å². The zero-order valence-corrected chi connectivity index (χ0v) is 11.3. The second-order valence-electron chi connectivity index (χ2n) is 4.52. The molecule has 0 saturated heterocycles. The van der Waals surface area contributed by atoms with Crippen LogP contribution in [0.25, 0.3) is 6.08 Å². The number of hydrogen-bond donors (Lipinski definition) is 1. The number of rotatable bonds is 4. The number of fused-ring (bicyclic) bond motifs is 1. The maximum atomic E-state index is 11.8. The molecule has 0 unspecified atom stereocenters. The minimum Gasteiger partial charge on any atom is -0.454 e. The summed E-state index contributed by atoms with van der Waals surface area (Å²) in [6.45, 7) is 0.724. The molecular formula is C16H14N2O3. The third-order valence-corrected chi connectivity index (χ3v) is 3.04. The van der Waals surface area contributed by atoms with Gasteiger partial charge in [0.15, 0.2) is 11.5 Å². The molecule has 3 rings (SSSR count). The summed E-state index contributed by atoms with van der Waals surface area (Å²) in [5.41, 5.74) is 1.90. The number of pyridine rings is 1. The number of nitrogens with zero attached hydrogens (tertiary/aromatic N) is 1. The van der Waals surface area contributed by atoms with Crippen molar-refractivity contribution in [2.24, 2.45) is 0 Å². The largest absolute Gasteiger partial charge is 0.454 e. The van der Waals surface area contributed by atoms with Crippen molar-refractivity contribution in [3.05, 3.63) is 59.9 Å². The lowest BCUT2D eigenvalue weighted by Crippen LogP contribution is -2.20. The molecule has 0 radical (unpaired) electrons. The van der Waals surface area contributed by atoms with Gasteiger partial charge in [0, 0.05) is 25.0 Å². The average molecular weight is 282 g/mol. The van der Waals surface area contributed by atoms with E-state index in [1.54, 1.807) is 18.5 Å². The molecule has 21 heavy (non-hydrogen) atoms. The number of aromatic nitrogens is 1. The number of hydrogen-bond acceptors (Lipinski definition) is 4. The summed E-state index contributed by atoms with van der Waals surface area (Å²) in [5, 5.41) is 2.81. The molecule has 0 fully saturated rings. The molecule has 2 aromatic rings. The van der Waals surface area contributed by atoms with E-state index < -0.39 is 0 Å². The third-order valence-electron chi connectivity index (χ3n) is 3.04. The highest BCUT2D eigenvalue weighted by Crippen LogP contribution is 2.32. The van der Waals surface area contributed by atoms with Gasteiger partial charge in [-0.1, -0.05) is 6.07 Å². The maximum Gasteiger partial charge on any atom is 0.244 e. The highest BCUT2D eigenvalue weighted by molar-refractivity contribution is 5.91. The first-order valence-corrected chi connectivity index (χ1v) is 6.56. The van der Waals surface area contributed by atoms with E-state index in [-0.39, 0.29) is 12.7 Å². The van der Waals surface area contributed by atoms with Crippen molar-refractivity contribution in [3.63, 3.8) is 0 Å². The van der Waals surface area contributed by atoms with Gasteiger partial charge in [0.1, 0.15) is 0 Å². The monoisotopic (exact) mass is 282 g/mol. The van der Waals surface area contributed by atoms with E-state index in [9.17, 15) is 4.79 Å². The number of nitrogens with one attached hydrogen (secondary N) is 1. The highest BCUT2D eigenvalue weighted by Gasteiger charge is 2.12. The van der Waals surface area contributed by atoms with Gasteiger partial charge >= 0.3 is 0 Å². The lowest BCUT2D eigenvalue weighted by Gasteiger charge is -2.02. The molecular weight excluding hydrogens is 268 g/mol. The fourth-order valence-electron chi connectivity index (χ4n) is 1.94. The van der Waals surface area contributed by atoms with Crippen LogP contribution in [0.4, 0.5) is 0 Å². The van der Waals surface area contributed by atoms with Crippen LogP contribution in [0.5, 0.6) is 11.5 Å². The predicted molar refractivity (Wildman–Crippen MR) is 77.7 cm³/mol. The van der Waals surface area contributed by atoms with Gasteiger partial charge in [0.2, 0.25) is 12.7 Å². The molecule has 0 saturated carbocycles. The minimum atomic E-state index is -0.149. The lowest BCUT2D eigenvalue weighted by molar-refractivity contribution is -0.116. The van der Waals surface area contributed by atoms with Crippen LogP contribution in [0.15, 0.2) is 48.8 Å². The van der Waals surface area contributed by atoms with Crippen molar-refractivity contribution in [2.75, 3.05) is 6.79 Å². The van der Waals surface area contributed by atoms with Gasteiger partial charge in [0.05, 0.1) is 0 Å². The highest BCUT2D eigenvalue weighted by atomic mass is 16.7. The van der Waals surface area contributed by atoms with E-state index >= 15 is 0 Å².